The molecule has 0 saturated heterocycles. The van der Waals surface area contributed by atoms with Crippen LogP contribution >= 0.6 is 0 Å². The number of methoxy groups -OCH3 is 1. The summed E-state index contributed by atoms with van der Waals surface area (Å²) in [7, 11) is 1.59. The number of carbonyl (C=O) groups is 2. The van der Waals surface area contributed by atoms with E-state index in [4.69, 9.17) is 4.74 Å². The highest BCUT2D eigenvalue weighted by Gasteiger charge is 2.21. The van der Waals surface area contributed by atoms with Crippen LogP contribution in [0.1, 0.15) is 11.6 Å². The molecule has 0 radical (unpaired) electrons. The molecule has 0 fully saturated rings. The fourth-order valence-electron chi connectivity index (χ4n) is 2.82. The van der Waals surface area contributed by atoms with Crippen molar-refractivity contribution in [2.24, 2.45) is 0 Å². The van der Waals surface area contributed by atoms with Gasteiger partial charge in [0.05, 0.1) is 13.7 Å². The summed E-state index contributed by atoms with van der Waals surface area (Å²) in [6.45, 7) is -0.0200. The van der Waals surface area contributed by atoms with E-state index >= 15 is 0 Å². The Morgan fingerprint density at radius 2 is 1.38 bits per heavy atom. The molecule has 0 aliphatic rings. The highest BCUT2D eigenvalue weighted by molar-refractivity contribution is 5.97. The summed E-state index contributed by atoms with van der Waals surface area (Å²) in [6, 6.07) is 24.9. The molecule has 0 heterocycles. The monoisotopic (exact) mass is 389 g/mol. The molecule has 0 spiro atoms. The summed E-state index contributed by atoms with van der Waals surface area (Å²) >= 11 is 0. The van der Waals surface area contributed by atoms with Gasteiger partial charge in [0.15, 0.2) is 0 Å². The second-order valence-corrected chi connectivity index (χ2v) is 6.36. The van der Waals surface area contributed by atoms with Gasteiger partial charge < -0.3 is 15.4 Å². The number of para-hydroxylation sites is 1. The third-order valence-corrected chi connectivity index (χ3v) is 4.28. The van der Waals surface area contributed by atoms with Crippen LogP contribution in [0.5, 0.6) is 5.75 Å². The highest BCUT2D eigenvalue weighted by atomic mass is 16.5. The first-order valence-corrected chi connectivity index (χ1v) is 9.24. The molecule has 3 rings (SSSR count). The molecule has 0 aliphatic carbocycles. The van der Waals surface area contributed by atoms with Crippen molar-refractivity contribution in [2.75, 3.05) is 24.3 Å². The summed E-state index contributed by atoms with van der Waals surface area (Å²) in [6.07, 6.45) is 0. The Balaban J connectivity index is 1.64. The van der Waals surface area contributed by atoms with Crippen molar-refractivity contribution in [1.29, 1.82) is 0 Å². The summed E-state index contributed by atoms with van der Waals surface area (Å²) in [5.74, 6) is 0.228. The van der Waals surface area contributed by atoms with Crippen molar-refractivity contribution in [3.8, 4) is 5.75 Å². The van der Waals surface area contributed by atoms with Gasteiger partial charge in [-0.3, -0.25) is 14.9 Å². The average Bonchev–Trinajstić information content (AvgIpc) is 2.76. The maximum Gasteiger partial charge on any atom is 0.246 e. The number of hydrogen-bond donors (Lipinski definition) is 3. The van der Waals surface area contributed by atoms with Crippen LogP contribution in [-0.2, 0) is 9.59 Å². The predicted molar refractivity (Wildman–Crippen MR) is 114 cm³/mol. The van der Waals surface area contributed by atoms with Crippen LogP contribution in [0.4, 0.5) is 11.4 Å². The molecule has 148 valence electrons. The van der Waals surface area contributed by atoms with Crippen LogP contribution in [0.2, 0.25) is 0 Å². The molecule has 0 aromatic heterocycles. The molecule has 29 heavy (non-hydrogen) atoms. The first-order chi connectivity index (χ1) is 14.2. The zero-order chi connectivity index (χ0) is 20.5. The molecule has 6 heteroatoms. The lowest BCUT2D eigenvalue weighted by atomic mass is 10.1. The molecule has 2 amide bonds. The quantitative estimate of drug-likeness (QED) is 0.550. The van der Waals surface area contributed by atoms with Crippen LogP contribution in [0.25, 0.3) is 0 Å². The van der Waals surface area contributed by atoms with Crippen molar-refractivity contribution in [3.63, 3.8) is 0 Å². The first-order valence-electron chi connectivity index (χ1n) is 9.24. The fraction of sp³-hybridized carbons (Fsp3) is 0.130. The van der Waals surface area contributed by atoms with Crippen LogP contribution < -0.4 is 20.7 Å². The van der Waals surface area contributed by atoms with E-state index in [1.165, 1.54) is 0 Å². The fourth-order valence-corrected chi connectivity index (χ4v) is 2.82. The second-order valence-electron chi connectivity index (χ2n) is 6.36. The van der Waals surface area contributed by atoms with Gasteiger partial charge in [-0.2, -0.15) is 0 Å². The number of carbonyl (C=O) groups excluding carboxylic acids is 2. The van der Waals surface area contributed by atoms with E-state index in [1.54, 1.807) is 31.4 Å². The molecule has 1 atom stereocenters. The van der Waals surface area contributed by atoms with Gasteiger partial charge in [0.1, 0.15) is 11.8 Å². The molecule has 6 nitrogen and oxygen atoms in total. The van der Waals surface area contributed by atoms with Crippen LogP contribution in [-0.4, -0.2) is 25.5 Å². The Hall–Kier alpha value is -3.64. The minimum atomic E-state index is -0.668. The third-order valence-electron chi connectivity index (χ3n) is 4.28. The summed E-state index contributed by atoms with van der Waals surface area (Å²) in [5, 5.41) is 8.73. The van der Waals surface area contributed by atoms with E-state index in [0.29, 0.717) is 17.1 Å². The van der Waals surface area contributed by atoms with E-state index in [2.05, 4.69) is 16.0 Å². The van der Waals surface area contributed by atoms with Gasteiger partial charge in [0, 0.05) is 11.4 Å². The number of nitrogens with one attached hydrogen (secondary N) is 3. The van der Waals surface area contributed by atoms with Crippen molar-refractivity contribution < 1.29 is 14.3 Å². The lowest BCUT2D eigenvalue weighted by molar-refractivity contribution is -0.119. The number of amides is 2. The molecule has 3 aromatic carbocycles. The van der Waals surface area contributed by atoms with E-state index < -0.39 is 6.04 Å². The molecule has 3 N–H and O–H groups in total. The Kier molecular flexibility index (Phi) is 6.97. The maximum absolute atomic E-state index is 12.8. The minimum Gasteiger partial charge on any atom is -0.497 e. The van der Waals surface area contributed by atoms with Crippen molar-refractivity contribution in [2.45, 2.75) is 6.04 Å². The van der Waals surface area contributed by atoms with Crippen LogP contribution in [0.15, 0.2) is 84.9 Å². The Labute approximate surface area is 169 Å². The lowest BCUT2D eigenvalue weighted by Gasteiger charge is -2.19. The van der Waals surface area contributed by atoms with Gasteiger partial charge in [-0.1, -0.05) is 48.5 Å². The molecule has 0 saturated carbocycles. The van der Waals surface area contributed by atoms with Gasteiger partial charge in [-0.05, 0) is 42.0 Å². The van der Waals surface area contributed by atoms with Gasteiger partial charge >= 0.3 is 0 Å². The molecular formula is C23H23N3O3. The SMILES string of the molecule is COc1ccc(NC(=O)CNC(C(=O)Nc2ccccc2)c2ccccc2)cc1. The van der Waals surface area contributed by atoms with Gasteiger partial charge in [-0.25, -0.2) is 0 Å². The number of anilines is 2. The standard InChI is InChI=1S/C23H23N3O3/c1-29-20-14-12-19(13-15-20)25-21(27)16-24-22(17-8-4-2-5-9-17)23(28)26-18-10-6-3-7-11-18/h2-15,22,24H,16H2,1H3,(H,25,27)(H,26,28). The molecule has 1 unspecified atom stereocenters. The molecule has 0 aliphatic heterocycles. The molecule has 3 aromatic rings. The number of ether oxygens (including phenoxy) is 1. The number of benzene rings is 3. The normalized spacial score (nSPS) is 11.3. The van der Waals surface area contributed by atoms with Gasteiger partial charge in [0.2, 0.25) is 11.8 Å². The van der Waals surface area contributed by atoms with Gasteiger partial charge in [0.25, 0.3) is 0 Å². The Morgan fingerprint density at radius 1 is 0.793 bits per heavy atom. The average molecular weight is 389 g/mol. The summed E-state index contributed by atoms with van der Waals surface area (Å²) in [5.41, 5.74) is 2.13. The Bertz CT molecular complexity index is 929. The molecular weight excluding hydrogens is 366 g/mol. The predicted octanol–water partition coefficient (Wildman–Crippen LogP) is 3.60. The minimum absolute atomic E-state index is 0.0200. The molecule has 0 bridgehead atoms. The zero-order valence-corrected chi connectivity index (χ0v) is 16.1. The second kappa shape index (κ2) is 10.1. The van der Waals surface area contributed by atoms with E-state index in [9.17, 15) is 9.59 Å². The highest BCUT2D eigenvalue weighted by Crippen LogP contribution is 2.17. The first kappa shape index (κ1) is 20.1. The maximum atomic E-state index is 12.8. The largest absolute Gasteiger partial charge is 0.497 e. The van der Waals surface area contributed by atoms with Crippen LogP contribution in [0, 0.1) is 0 Å². The smallest absolute Gasteiger partial charge is 0.246 e. The van der Waals surface area contributed by atoms with E-state index in [0.717, 1.165) is 5.56 Å². The number of hydrogen-bond acceptors (Lipinski definition) is 4. The van der Waals surface area contributed by atoms with Gasteiger partial charge in [-0.15, -0.1) is 0 Å². The third kappa shape index (κ3) is 5.92. The van der Waals surface area contributed by atoms with Crippen LogP contribution in [0.3, 0.4) is 0 Å². The Morgan fingerprint density at radius 3 is 2.00 bits per heavy atom. The zero-order valence-electron chi connectivity index (χ0n) is 16.1. The van der Waals surface area contributed by atoms with Crippen molar-refractivity contribution in [1.82, 2.24) is 5.32 Å². The van der Waals surface area contributed by atoms with E-state index in [1.807, 2.05) is 60.7 Å². The van der Waals surface area contributed by atoms with Crippen molar-refractivity contribution in [3.05, 3.63) is 90.5 Å². The summed E-state index contributed by atoms with van der Waals surface area (Å²) in [4.78, 5) is 25.2. The van der Waals surface area contributed by atoms with E-state index in [-0.39, 0.29) is 18.4 Å². The van der Waals surface area contributed by atoms with Crippen molar-refractivity contribution >= 4 is 23.2 Å². The summed E-state index contributed by atoms with van der Waals surface area (Å²) < 4.78 is 5.11. The number of rotatable bonds is 8. The lowest BCUT2D eigenvalue weighted by Crippen LogP contribution is -2.37. The topological polar surface area (TPSA) is 79.5 Å².